The number of cyclic esters (lactones) is 1. The van der Waals surface area contributed by atoms with Gasteiger partial charge in [-0.3, -0.25) is 19.6 Å². The first-order chi connectivity index (χ1) is 30.4. The third kappa shape index (κ3) is 9.27. The molecule has 3 aliphatic heterocycles. The van der Waals surface area contributed by atoms with Crippen molar-refractivity contribution in [3.05, 3.63) is 58.2 Å². The quantitative estimate of drug-likeness (QED) is 0.154. The van der Waals surface area contributed by atoms with Gasteiger partial charge in [-0.05, 0) is 74.3 Å². The Morgan fingerprint density at radius 1 is 1.16 bits per heavy atom. The van der Waals surface area contributed by atoms with Crippen molar-refractivity contribution in [1.29, 1.82) is 0 Å². The molecular formula is C47H64N8O8S. The van der Waals surface area contributed by atoms with Crippen LogP contribution in [0.5, 0.6) is 0 Å². The molecule has 5 atom stereocenters. The van der Waals surface area contributed by atoms with Gasteiger partial charge in [-0.1, -0.05) is 40.7 Å². The smallest absolute Gasteiger partial charge is 0.355 e. The van der Waals surface area contributed by atoms with Crippen molar-refractivity contribution >= 4 is 46.1 Å². The number of nitrogens with one attached hydrogen (secondary N) is 2. The lowest BCUT2D eigenvalue weighted by Crippen LogP contribution is -2.67. The van der Waals surface area contributed by atoms with E-state index in [1.807, 2.05) is 59.1 Å². The fourth-order valence-corrected chi connectivity index (χ4v) is 10.2. The van der Waals surface area contributed by atoms with E-state index in [4.69, 9.17) is 19.4 Å². The first kappa shape index (κ1) is 47.0. The molecule has 0 unspecified atom stereocenters. The number of aromatic nitrogens is 3. The number of carbonyl (C=O) groups excluding carboxylic acids is 4. The molecule has 2 saturated heterocycles. The van der Waals surface area contributed by atoms with Crippen molar-refractivity contribution in [3.63, 3.8) is 0 Å². The molecule has 0 radical (unpaired) electrons. The number of hydrogen-bond acceptors (Lipinski definition) is 12. The maximum Gasteiger partial charge on any atom is 0.355 e. The van der Waals surface area contributed by atoms with Crippen LogP contribution in [0.15, 0.2) is 41.9 Å². The standard InChI is InChI=1S/C47H64N8O8S/c1-10-54-37-15-14-30-19-33(37)34(41(54)32-13-11-17-48-39(32)29(5)62-9)21-46(6,7)26-63-44(59)47(61)16-12-18-55(51-47)43(58)35(20-38-49-36(30)25-64-38)50-42(57)40(27(2)3)52(8)45(60)53-22-31(23-53)28(4)24-56/h11,13-15,17,19,25,27-29,31,35,40,51,56,61H,10,12,16,18,20-24,26H2,1-9H3,(H,50,57)/t28-,29-,35-,40-,47-/m0/s1. The Labute approximate surface area is 379 Å². The molecule has 2 fully saturated rings. The first-order valence-corrected chi connectivity index (χ1v) is 23.3. The fraction of sp³-hybridized carbons (Fsp3) is 0.574. The number of hydrogen-bond donors (Lipinski definition) is 4. The second-order valence-electron chi connectivity index (χ2n) is 18.9. The summed E-state index contributed by atoms with van der Waals surface area (Å²) in [5.41, 5.74) is 6.29. The van der Waals surface area contributed by atoms with Crippen molar-refractivity contribution < 1.29 is 38.9 Å². The van der Waals surface area contributed by atoms with Gasteiger partial charge in [-0.25, -0.2) is 14.6 Å². The van der Waals surface area contributed by atoms with Crippen LogP contribution in [0, 0.1) is 23.2 Å². The molecule has 0 saturated carbocycles. The number of hydrazine groups is 1. The number of esters is 1. The van der Waals surface area contributed by atoms with E-state index < -0.39 is 41.0 Å². The maximum atomic E-state index is 14.6. The molecule has 346 valence electrons. The van der Waals surface area contributed by atoms with E-state index in [0.29, 0.717) is 36.8 Å². The van der Waals surface area contributed by atoms with Crippen molar-refractivity contribution in [3.8, 4) is 22.5 Å². The second kappa shape index (κ2) is 18.9. The molecule has 17 heteroatoms. The predicted octanol–water partition coefficient (Wildman–Crippen LogP) is 5.16. The molecule has 6 heterocycles. The largest absolute Gasteiger partial charge is 0.462 e. The van der Waals surface area contributed by atoms with E-state index in [1.165, 1.54) is 21.2 Å². The number of pyridine rings is 1. The Morgan fingerprint density at radius 3 is 2.59 bits per heavy atom. The molecule has 7 rings (SSSR count). The summed E-state index contributed by atoms with van der Waals surface area (Å²) >= 11 is 1.37. The SMILES string of the molecule is CCn1c(-c2cccnc2[C@H](C)OC)c2c3cc(ccc31)-c1csc(n1)C[C@H](NC(=O)[C@H](C(C)C)N(C)C(=O)N1CC([C@@H](C)CO)C1)C(=O)N1CCC[C@@](O)(N1)C(=O)OCC(C)(C)C2. The number of benzene rings is 1. The highest BCUT2D eigenvalue weighted by molar-refractivity contribution is 7.10. The zero-order valence-corrected chi connectivity index (χ0v) is 39.3. The fourth-order valence-electron chi connectivity index (χ4n) is 9.31. The van der Waals surface area contributed by atoms with Gasteiger partial charge in [0.1, 0.15) is 12.1 Å². The van der Waals surface area contributed by atoms with Gasteiger partial charge in [-0.2, -0.15) is 5.43 Å². The van der Waals surface area contributed by atoms with Crippen LogP contribution in [-0.2, 0) is 43.2 Å². The number of nitrogens with zero attached hydrogens (tertiary/aromatic N) is 6. The number of amides is 4. The van der Waals surface area contributed by atoms with Gasteiger partial charge in [0.2, 0.25) is 11.6 Å². The minimum Gasteiger partial charge on any atom is -0.462 e. The normalized spacial score (nSPS) is 22.1. The average Bonchev–Trinajstić information content (AvgIpc) is 3.85. The highest BCUT2D eigenvalue weighted by Gasteiger charge is 2.46. The summed E-state index contributed by atoms with van der Waals surface area (Å²) in [6.07, 6.45) is 2.26. The van der Waals surface area contributed by atoms with Crippen LogP contribution in [0.25, 0.3) is 33.4 Å². The van der Waals surface area contributed by atoms with E-state index in [0.717, 1.165) is 39.0 Å². The van der Waals surface area contributed by atoms with Gasteiger partial charge < -0.3 is 39.4 Å². The third-order valence-electron chi connectivity index (χ3n) is 13.1. The number of likely N-dealkylation sites (N-methyl/N-ethyl adjacent to an activating group) is 1. The number of rotatable bonds is 10. The number of carbonyl (C=O) groups is 4. The predicted molar refractivity (Wildman–Crippen MR) is 244 cm³/mol. The van der Waals surface area contributed by atoms with Crippen LogP contribution < -0.4 is 10.7 Å². The Bertz CT molecular complexity index is 2370. The molecule has 4 amide bonds. The van der Waals surface area contributed by atoms with Crippen molar-refractivity contribution in [2.45, 2.75) is 105 Å². The summed E-state index contributed by atoms with van der Waals surface area (Å²) in [5.74, 6) is -2.11. The lowest BCUT2D eigenvalue weighted by molar-refractivity contribution is -0.189. The van der Waals surface area contributed by atoms with Crippen molar-refractivity contribution in [1.82, 2.24) is 40.1 Å². The molecule has 4 aromatic rings. The number of thiazole rings is 1. The average molecular weight is 901 g/mol. The number of likely N-dealkylation sites (tertiary alicyclic amines) is 1. The molecule has 0 aliphatic carbocycles. The zero-order chi connectivity index (χ0) is 46.2. The molecular weight excluding hydrogens is 837 g/mol. The molecule has 16 nitrogen and oxygen atoms in total. The summed E-state index contributed by atoms with van der Waals surface area (Å²) in [5, 5.41) is 29.1. The summed E-state index contributed by atoms with van der Waals surface area (Å²) in [7, 11) is 3.25. The molecule has 3 aliphatic rings. The van der Waals surface area contributed by atoms with E-state index >= 15 is 0 Å². The van der Waals surface area contributed by atoms with Gasteiger partial charge in [0.15, 0.2) is 0 Å². The van der Waals surface area contributed by atoms with Gasteiger partial charge >= 0.3 is 12.0 Å². The van der Waals surface area contributed by atoms with E-state index in [9.17, 15) is 29.4 Å². The summed E-state index contributed by atoms with van der Waals surface area (Å²) < 4.78 is 14.0. The lowest BCUT2D eigenvalue weighted by atomic mass is 9.84. The Hall–Kier alpha value is -4.94. The van der Waals surface area contributed by atoms with E-state index in [2.05, 4.69) is 40.4 Å². The van der Waals surface area contributed by atoms with Gasteiger partial charge in [0.05, 0.1) is 34.8 Å². The van der Waals surface area contributed by atoms with Crippen LogP contribution in [-0.4, -0.2) is 128 Å². The second-order valence-corrected chi connectivity index (χ2v) is 19.8. The Balaban J connectivity index is 1.28. The molecule has 6 bridgehead atoms. The van der Waals surface area contributed by atoms with E-state index in [-0.39, 0.29) is 68.9 Å². The highest BCUT2D eigenvalue weighted by Crippen LogP contribution is 2.42. The zero-order valence-electron chi connectivity index (χ0n) is 38.5. The first-order valence-electron chi connectivity index (χ1n) is 22.4. The number of ether oxygens (including phenoxy) is 2. The summed E-state index contributed by atoms with van der Waals surface area (Å²) in [4.78, 5) is 69.4. The number of aryl methyl sites for hydroxylation is 1. The van der Waals surface area contributed by atoms with E-state index in [1.54, 1.807) is 25.3 Å². The molecule has 3 aromatic heterocycles. The van der Waals surface area contributed by atoms with Gasteiger partial charge in [0, 0.05) is 98.8 Å². The monoisotopic (exact) mass is 900 g/mol. The molecule has 0 spiro atoms. The number of fused-ring (bicyclic) bond motifs is 6. The van der Waals surface area contributed by atoms with Crippen LogP contribution in [0.4, 0.5) is 4.79 Å². The maximum absolute atomic E-state index is 14.6. The molecule has 1 aromatic carbocycles. The van der Waals surface area contributed by atoms with Crippen molar-refractivity contribution in [2.75, 3.05) is 47.0 Å². The highest BCUT2D eigenvalue weighted by atomic mass is 32.1. The molecule has 64 heavy (non-hydrogen) atoms. The summed E-state index contributed by atoms with van der Waals surface area (Å²) in [6, 6.07) is 7.84. The number of aliphatic hydroxyl groups is 2. The van der Waals surface area contributed by atoms with Gasteiger partial charge in [0.25, 0.3) is 5.91 Å². The minimum absolute atomic E-state index is 0.00193. The lowest BCUT2D eigenvalue weighted by Gasteiger charge is -2.45. The third-order valence-corrected chi connectivity index (χ3v) is 14.0. The van der Waals surface area contributed by atoms with Crippen LogP contribution in [0.3, 0.4) is 0 Å². The Morgan fingerprint density at radius 2 is 1.91 bits per heavy atom. The summed E-state index contributed by atoms with van der Waals surface area (Å²) in [6.45, 7) is 15.5. The number of urea groups is 1. The van der Waals surface area contributed by atoms with Crippen LogP contribution in [0.1, 0.15) is 83.7 Å². The van der Waals surface area contributed by atoms with Gasteiger partial charge in [-0.15, -0.1) is 11.3 Å². The van der Waals surface area contributed by atoms with Crippen LogP contribution >= 0.6 is 11.3 Å². The minimum atomic E-state index is -2.22. The Kier molecular flexibility index (Phi) is 13.9. The number of aliphatic hydroxyl groups excluding tert-OH is 1. The van der Waals surface area contributed by atoms with Crippen LogP contribution in [0.2, 0.25) is 0 Å². The number of methoxy groups -OCH3 is 1. The molecule has 4 N–H and O–H groups in total. The topological polar surface area (TPSA) is 192 Å². The van der Waals surface area contributed by atoms with Crippen molar-refractivity contribution in [2.24, 2.45) is 23.2 Å².